The number of rotatable bonds is 6. The van der Waals surface area contributed by atoms with Gasteiger partial charge in [0.15, 0.2) is 0 Å². The molecule has 0 radical (unpaired) electrons. The molecular weight excluding hydrogens is 508 g/mol. The van der Waals surface area contributed by atoms with E-state index in [4.69, 9.17) is 14.5 Å². The topological polar surface area (TPSA) is 103 Å². The lowest BCUT2D eigenvalue weighted by Crippen LogP contribution is -2.39. The van der Waals surface area contributed by atoms with Gasteiger partial charge in [-0.15, -0.1) is 0 Å². The molecule has 1 atom stereocenters. The highest BCUT2D eigenvalue weighted by atomic mass is 16.6. The van der Waals surface area contributed by atoms with Crippen molar-refractivity contribution in [3.05, 3.63) is 105 Å². The third-order valence-corrected chi connectivity index (χ3v) is 7.33. The Labute approximate surface area is 230 Å². The zero-order chi connectivity index (χ0) is 28.0. The number of aromatic nitrogens is 2. The molecule has 9 nitrogen and oxygen atoms in total. The van der Waals surface area contributed by atoms with Crippen molar-refractivity contribution in [3.63, 3.8) is 0 Å². The summed E-state index contributed by atoms with van der Waals surface area (Å²) in [6.45, 7) is 4.63. The van der Waals surface area contributed by atoms with Crippen molar-refractivity contribution in [2.75, 3.05) is 31.8 Å². The molecule has 0 bridgehead atoms. The van der Waals surface area contributed by atoms with Crippen LogP contribution in [-0.2, 0) is 20.7 Å². The highest BCUT2D eigenvalue weighted by Crippen LogP contribution is 2.39. The number of anilines is 1. The van der Waals surface area contributed by atoms with E-state index in [2.05, 4.69) is 17.1 Å². The zero-order valence-corrected chi connectivity index (χ0v) is 22.5. The lowest BCUT2D eigenvalue weighted by atomic mass is 9.96. The molecule has 4 aromatic rings. The standard InChI is InChI=1S/C31H28N4O5/c1-18-15-21-11-12-34-27(21)24(16-18)26(20-7-5-4-6-8-20)33-28(30(34)37)35-19(2)32-25-17-22(9-10-23(25)29(35)36)31(38)40-14-13-39-3/h4-10,15-17,28H,11-14H2,1-3H3. The maximum Gasteiger partial charge on any atom is 0.338 e. The van der Waals surface area contributed by atoms with Crippen LogP contribution in [0, 0.1) is 13.8 Å². The Kier molecular flexibility index (Phi) is 6.51. The quantitative estimate of drug-likeness (QED) is 0.275. The van der Waals surface area contributed by atoms with Crippen molar-refractivity contribution in [3.8, 4) is 0 Å². The van der Waals surface area contributed by atoms with E-state index in [1.54, 1.807) is 17.9 Å². The minimum atomic E-state index is -1.14. The Hall–Kier alpha value is -4.63. The molecule has 0 N–H and O–H groups in total. The van der Waals surface area contributed by atoms with Crippen LogP contribution in [0.5, 0.6) is 0 Å². The van der Waals surface area contributed by atoms with Gasteiger partial charge in [-0.1, -0.05) is 42.0 Å². The van der Waals surface area contributed by atoms with Gasteiger partial charge in [-0.3, -0.25) is 14.2 Å². The summed E-state index contributed by atoms with van der Waals surface area (Å²) in [5, 5.41) is 0.281. The van der Waals surface area contributed by atoms with Gasteiger partial charge in [-0.05, 0) is 50.1 Å². The van der Waals surface area contributed by atoms with Crippen molar-refractivity contribution in [2.24, 2.45) is 4.99 Å². The third kappa shape index (κ3) is 4.28. The van der Waals surface area contributed by atoms with Crippen molar-refractivity contribution in [1.82, 2.24) is 9.55 Å². The molecule has 0 saturated carbocycles. The molecule has 0 fully saturated rings. The van der Waals surface area contributed by atoms with E-state index in [-0.39, 0.29) is 30.1 Å². The van der Waals surface area contributed by atoms with Crippen LogP contribution in [0.15, 0.2) is 70.5 Å². The molecule has 3 aromatic carbocycles. The van der Waals surface area contributed by atoms with Crippen molar-refractivity contribution < 1.29 is 19.1 Å². The Morgan fingerprint density at radius 1 is 1.02 bits per heavy atom. The van der Waals surface area contributed by atoms with Gasteiger partial charge in [0.1, 0.15) is 12.4 Å². The number of carbonyl (C=O) groups is 2. The molecule has 0 aliphatic carbocycles. The van der Waals surface area contributed by atoms with Crippen LogP contribution in [0.25, 0.3) is 10.9 Å². The average molecular weight is 537 g/mol. The molecule has 0 saturated heterocycles. The van der Waals surface area contributed by atoms with Crippen LogP contribution < -0.4 is 10.5 Å². The van der Waals surface area contributed by atoms with E-state index in [1.165, 1.54) is 23.8 Å². The Morgan fingerprint density at radius 2 is 1.82 bits per heavy atom. The summed E-state index contributed by atoms with van der Waals surface area (Å²) in [5.74, 6) is -0.491. The molecule has 40 heavy (non-hydrogen) atoms. The van der Waals surface area contributed by atoms with Gasteiger partial charge in [0.25, 0.3) is 11.5 Å². The number of carbonyl (C=O) groups excluding carboxylic acids is 2. The van der Waals surface area contributed by atoms with Crippen LogP contribution in [0.2, 0.25) is 0 Å². The number of amides is 1. The fourth-order valence-electron chi connectivity index (χ4n) is 5.51. The van der Waals surface area contributed by atoms with Gasteiger partial charge < -0.3 is 14.4 Å². The molecule has 1 aromatic heterocycles. The highest BCUT2D eigenvalue weighted by molar-refractivity contribution is 6.20. The first kappa shape index (κ1) is 25.6. The largest absolute Gasteiger partial charge is 0.460 e. The first-order chi connectivity index (χ1) is 19.4. The normalized spacial score (nSPS) is 16.1. The predicted molar refractivity (Wildman–Crippen MR) is 151 cm³/mol. The second-order valence-corrected chi connectivity index (χ2v) is 9.97. The zero-order valence-electron chi connectivity index (χ0n) is 22.5. The molecule has 1 unspecified atom stereocenters. The highest BCUT2D eigenvalue weighted by Gasteiger charge is 2.38. The van der Waals surface area contributed by atoms with Crippen LogP contribution >= 0.6 is 0 Å². The van der Waals surface area contributed by atoms with Gasteiger partial charge >= 0.3 is 5.97 Å². The average Bonchev–Trinajstić information content (AvgIpc) is 3.33. The summed E-state index contributed by atoms with van der Waals surface area (Å²) in [6.07, 6.45) is -0.408. The van der Waals surface area contributed by atoms with E-state index >= 15 is 0 Å². The van der Waals surface area contributed by atoms with E-state index in [0.717, 1.165) is 34.4 Å². The van der Waals surface area contributed by atoms with E-state index in [9.17, 15) is 14.4 Å². The molecule has 1 amide bonds. The summed E-state index contributed by atoms with van der Waals surface area (Å²) in [4.78, 5) is 51.8. The van der Waals surface area contributed by atoms with Gasteiger partial charge in [0.05, 0.1) is 34.5 Å². The van der Waals surface area contributed by atoms with Crippen molar-refractivity contribution in [2.45, 2.75) is 26.4 Å². The predicted octanol–water partition coefficient (Wildman–Crippen LogP) is 3.76. The molecular formula is C31H28N4O5. The number of ether oxygens (including phenoxy) is 2. The summed E-state index contributed by atoms with van der Waals surface area (Å²) in [7, 11) is 1.52. The summed E-state index contributed by atoms with van der Waals surface area (Å²) in [6, 6.07) is 18.5. The molecule has 3 heterocycles. The number of nitrogens with zero attached hydrogens (tertiary/aromatic N) is 4. The Balaban J connectivity index is 1.51. The van der Waals surface area contributed by atoms with Gasteiger partial charge in [-0.2, -0.15) is 0 Å². The molecule has 2 aliphatic rings. The smallest absolute Gasteiger partial charge is 0.338 e. The number of hydrogen-bond donors (Lipinski definition) is 0. The number of aliphatic imine (C=N–C) groups is 1. The van der Waals surface area contributed by atoms with E-state index in [0.29, 0.717) is 23.6 Å². The lowest BCUT2D eigenvalue weighted by molar-refractivity contribution is -0.121. The first-order valence-electron chi connectivity index (χ1n) is 13.1. The van der Waals surface area contributed by atoms with Crippen LogP contribution in [-0.4, -0.2) is 54.0 Å². The second-order valence-electron chi connectivity index (χ2n) is 9.97. The maximum atomic E-state index is 14.1. The Bertz CT molecular complexity index is 1760. The molecule has 202 valence electrons. The molecule has 2 aliphatic heterocycles. The van der Waals surface area contributed by atoms with E-state index < -0.39 is 17.7 Å². The number of esters is 1. The number of fused-ring (bicyclic) bond motifs is 1. The minimum Gasteiger partial charge on any atom is -0.460 e. The van der Waals surface area contributed by atoms with Gasteiger partial charge in [-0.25, -0.2) is 14.8 Å². The summed E-state index contributed by atoms with van der Waals surface area (Å²) >= 11 is 0. The minimum absolute atomic E-state index is 0.118. The Morgan fingerprint density at radius 3 is 2.60 bits per heavy atom. The fraction of sp³-hybridized carbons (Fsp3) is 0.258. The second kappa shape index (κ2) is 10.2. The number of methoxy groups -OCH3 is 1. The monoisotopic (exact) mass is 536 g/mol. The molecule has 9 heteroatoms. The van der Waals surface area contributed by atoms with Gasteiger partial charge in [0.2, 0.25) is 6.17 Å². The molecule has 0 spiro atoms. The van der Waals surface area contributed by atoms with Crippen LogP contribution in [0.4, 0.5) is 5.69 Å². The number of aryl methyl sites for hydroxylation is 2. The summed E-state index contributed by atoms with van der Waals surface area (Å²) in [5.41, 5.74) is 5.65. The SMILES string of the molecule is COCCOC(=O)c1ccc2c(=O)n(C3N=C(c4ccccc4)c4cc(C)cc5c4N(CC5)C3=O)c(C)nc2c1. The van der Waals surface area contributed by atoms with Crippen molar-refractivity contribution >= 4 is 34.2 Å². The van der Waals surface area contributed by atoms with Crippen LogP contribution in [0.3, 0.4) is 0 Å². The van der Waals surface area contributed by atoms with Crippen molar-refractivity contribution in [1.29, 1.82) is 0 Å². The summed E-state index contributed by atoms with van der Waals surface area (Å²) < 4.78 is 11.5. The molecule has 6 rings (SSSR count). The first-order valence-corrected chi connectivity index (χ1v) is 13.1. The third-order valence-electron chi connectivity index (χ3n) is 7.33. The lowest BCUT2D eigenvalue weighted by Gasteiger charge is -2.23. The number of benzene rings is 3. The van der Waals surface area contributed by atoms with E-state index in [1.807, 2.05) is 37.3 Å². The fourth-order valence-corrected chi connectivity index (χ4v) is 5.51. The van der Waals surface area contributed by atoms with Crippen LogP contribution in [0.1, 0.15) is 44.6 Å². The number of hydrogen-bond acceptors (Lipinski definition) is 7. The maximum absolute atomic E-state index is 14.1. The van der Waals surface area contributed by atoms with Gasteiger partial charge in [0, 0.05) is 24.8 Å².